The minimum absolute atomic E-state index is 0.870. The third kappa shape index (κ3) is 3.38. The van der Waals surface area contributed by atoms with Gasteiger partial charge >= 0.3 is 0 Å². The quantitative estimate of drug-likeness (QED) is 0.645. The van der Waals surface area contributed by atoms with Crippen molar-refractivity contribution in [3.05, 3.63) is 23.9 Å². The van der Waals surface area contributed by atoms with Crippen LogP contribution in [0.2, 0.25) is 0 Å². The van der Waals surface area contributed by atoms with Gasteiger partial charge in [0.1, 0.15) is 0 Å². The van der Waals surface area contributed by atoms with E-state index in [1.807, 2.05) is 6.08 Å². The minimum atomic E-state index is 0.870. The third-order valence-corrected chi connectivity index (χ3v) is 2.95. The number of ether oxygens (including phenoxy) is 1. The van der Waals surface area contributed by atoms with Crippen molar-refractivity contribution in [1.29, 1.82) is 0 Å². The van der Waals surface area contributed by atoms with Gasteiger partial charge in [0.25, 0.3) is 0 Å². The molecule has 0 atom stereocenters. The van der Waals surface area contributed by atoms with Crippen LogP contribution < -0.4 is 0 Å². The molecule has 0 radical (unpaired) electrons. The summed E-state index contributed by atoms with van der Waals surface area (Å²) in [5.74, 6) is 0. The van der Waals surface area contributed by atoms with E-state index in [4.69, 9.17) is 4.74 Å². The van der Waals surface area contributed by atoms with Crippen molar-refractivity contribution in [2.75, 3.05) is 26.3 Å². The van der Waals surface area contributed by atoms with Gasteiger partial charge in [-0.15, -0.1) is 6.58 Å². The molecule has 1 saturated heterocycles. The standard InChI is InChI=1S/C13H23NO/c1-4-7-12(5-2)13(6-3)14-8-10-15-11-9-14/h4H,1,5-11H2,2-3H3/b13-12+. The topological polar surface area (TPSA) is 12.5 Å². The average molecular weight is 209 g/mol. The molecule has 0 aliphatic carbocycles. The van der Waals surface area contributed by atoms with Crippen molar-refractivity contribution < 1.29 is 4.74 Å². The molecule has 0 aromatic heterocycles. The van der Waals surface area contributed by atoms with E-state index in [9.17, 15) is 0 Å². The lowest BCUT2D eigenvalue weighted by Gasteiger charge is -2.32. The van der Waals surface area contributed by atoms with Crippen LogP contribution in [0, 0.1) is 0 Å². The first-order chi connectivity index (χ1) is 7.33. The molecular formula is C13H23NO. The van der Waals surface area contributed by atoms with Gasteiger partial charge in [0.15, 0.2) is 0 Å². The van der Waals surface area contributed by atoms with Crippen LogP contribution >= 0.6 is 0 Å². The summed E-state index contributed by atoms with van der Waals surface area (Å²) in [4.78, 5) is 2.48. The fourth-order valence-corrected chi connectivity index (χ4v) is 2.17. The monoisotopic (exact) mass is 209 g/mol. The first-order valence-electron chi connectivity index (χ1n) is 5.97. The summed E-state index contributed by atoms with van der Waals surface area (Å²) < 4.78 is 5.38. The van der Waals surface area contributed by atoms with Gasteiger partial charge in [-0.2, -0.15) is 0 Å². The lowest BCUT2D eigenvalue weighted by atomic mass is 10.0. The van der Waals surface area contributed by atoms with Crippen LogP contribution in [0.1, 0.15) is 33.1 Å². The molecule has 1 fully saturated rings. The van der Waals surface area contributed by atoms with E-state index < -0.39 is 0 Å². The number of hydrogen-bond acceptors (Lipinski definition) is 2. The van der Waals surface area contributed by atoms with E-state index >= 15 is 0 Å². The zero-order chi connectivity index (χ0) is 11.1. The second kappa shape index (κ2) is 6.67. The minimum Gasteiger partial charge on any atom is -0.378 e. The summed E-state index contributed by atoms with van der Waals surface area (Å²) in [6, 6.07) is 0. The van der Waals surface area contributed by atoms with Crippen LogP contribution in [-0.4, -0.2) is 31.2 Å². The van der Waals surface area contributed by atoms with E-state index in [1.165, 1.54) is 11.3 Å². The fraction of sp³-hybridized carbons (Fsp3) is 0.692. The highest BCUT2D eigenvalue weighted by Crippen LogP contribution is 2.21. The Morgan fingerprint density at radius 2 is 1.93 bits per heavy atom. The molecule has 0 N–H and O–H groups in total. The summed E-state index contributed by atoms with van der Waals surface area (Å²) in [6.07, 6.45) is 5.29. The van der Waals surface area contributed by atoms with Crippen molar-refractivity contribution in [3.63, 3.8) is 0 Å². The Labute approximate surface area is 93.6 Å². The molecule has 1 aliphatic rings. The highest BCUT2D eigenvalue weighted by molar-refractivity contribution is 5.16. The van der Waals surface area contributed by atoms with Crippen LogP contribution in [-0.2, 0) is 4.74 Å². The van der Waals surface area contributed by atoms with Crippen molar-refractivity contribution in [2.45, 2.75) is 33.1 Å². The number of nitrogens with zero attached hydrogens (tertiary/aromatic N) is 1. The summed E-state index contributed by atoms with van der Waals surface area (Å²) in [7, 11) is 0. The molecule has 0 aromatic rings. The summed E-state index contributed by atoms with van der Waals surface area (Å²) in [6.45, 7) is 12.1. The van der Waals surface area contributed by atoms with E-state index in [1.54, 1.807) is 0 Å². The molecule has 0 amide bonds. The molecule has 15 heavy (non-hydrogen) atoms. The molecule has 0 saturated carbocycles. The summed E-state index contributed by atoms with van der Waals surface area (Å²) in [5, 5.41) is 0. The van der Waals surface area contributed by atoms with Crippen molar-refractivity contribution in [2.24, 2.45) is 0 Å². The first-order valence-corrected chi connectivity index (χ1v) is 5.97. The Morgan fingerprint density at radius 3 is 2.40 bits per heavy atom. The molecule has 0 spiro atoms. The van der Waals surface area contributed by atoms with Crippen molar-refractivity contribution >= 4 is 0 Å². The van der Waals surface area contributed by atoms with Gasteiger partial charge in [0.2, 0.25) is 0 Å². The highest BCUT2D eigenvalue weighted by atomic mass is 16.5. The van der Waals surface area contributed by atoms with Crippen molar-refractivity contribution in [3.8, 4) is 0 Å². The Hall–Kier alpha value is -0.760. The zero-order valence-electron chi connectivity index (χ0n) is 10.1. The Morgan fingerprint density at radius 1 is 1.27 bits per heavy atom. The van der Waals surface area contributed by atoms with Gasteiger partial charge in [-0.05, 0) is 24.8 Å². The van der Waals surface area contributed by atoms with Gasteiger partial charge in [-0.1, -0.05) is 19.9 Å². The molecule has 0 unspecified atom stereocenters. The SMILES string of the molecule is C=CC/C(CC)=C(\CC)N1CCOCC1. The molecule has 86 valence electrons. The van der Waals surface area contributed by atoms with Gasteiger partial charge in [-0.25, -0.2) is 0 Å². The van der Waals surface area contributed by atoms with Crippen LogP contribution in [0.25, 0.3) is 0 Å². The van der Waals surface area contributed by atoms with Gasteiger partial charge in [0.05, 0.1) is 13.2 Å². The van der Waals surface area contributed by atoms with Crippen LogP contribution in [0.5, 0.6) is 0 Å². The molecule has 0 bridgehead atoms. The maximum atomic E-state index is 5.38. The van der Waals surface area contributed by atoms with E-state index in [0.29, 0.717) is 0 Å². The highest BCUT2D eigenvalue weighted by Gasteiger charge is 2.14. The van der Waals surface area contributed by atoms with E-state index in [-0.39, 0.29) is 0 Å². The van der Waals surface area contributed by atoms with Gasteiger partial charge in [0, 0.05) is 18.8 Å². The molecule has 1 heterocycles. The molecule has 2 heteroatoms. The van der Waals surface area contributed by atoms with Gasteiger partial charge in [-0.3, -0.25) is 0 Å². The Bertz CT molecular complexity index is 227. The van der Waals surface area contributed by atoms with Crippen LogP contribution in [0.15, 0.2) is 23.9 Å². The smallest absolute Gasteiger partial charge is 0.0642 e. The second-order valence-electron chi connectivity index (χ2n) is 3.85. The lowest BCUT2D eigenvalue weighted by Crippen LogP contribution is -2.36. The maximum Gasteiger partial charge on any atom is 0.0642 e. The normalized spacial score (nSPS) is 18.7. The van der Waals surface area contributed by atoms with Crippen LogP contribution in [0.4, 0.5) is 0 Å². The Kier molecular flexibility index (Phi) is 5.48. The predicted molar refractivity (Wildman–Crippen MR) is 64.8 cm³/mol. The molecule has 1 rings (SSSR count). The van der Waals surface area contributed by atoms with E-state index in [0.717, 1.165) is 45.6 Å². The van der Waals surface area contributed by atoms with E-state index in [2.05, 4.69) is 25.3 Å². The predicted octanol–water partition coefficient (Wildman–Crippen LogP) is 2.97. The van der Waals surface area contributed by atoms with Crippen molar-refractivity contribution in [1.82, 2.24) is 4.90 Å². The summed E-state index contributed by atoms with van der Waals surface area (Å²) >= 11 is 0. The molecule has 2 nitrogen and oxygen atoms in total. The Balaban J connectivity index is 2.76. The zero-order valence-corrected chi connectivity index (χ0v) is 10.1. The molecule has 0 aromatic carbocycles. The molecular weight excluding hydrogens is 186 g/mol. The average Bonchev–Trinajstić information content (AvgIpc) is 2.30. The maximum absolute atomic E-state index is 5.38. The fourth-order valence-electron chi connectivity index (χ4n) is 2.17. The number of allylic oxidation sites excluding steroid dienone is 3. The first kappa shape index (κ1) is 12.3. The second-order valence-corrected chi connectivity index (χ2v) is 3.85. The lowest BCUT2D eigenvalue weighted by molar-refractivity contribution is 0.0517. The largest absolute Gasteiger partial charge is 0.378 e. The molecule has 1 aliphatic heterocycles. The number of hydrogen-bond donors (Lipinski definition) is 0. The number of morpholine rings is 1. The van der Waals surface area contributed by atoms with Gasteiger partial charge < -0.3 is 9.64 Å². The number of rotatable bonds is 5. The third-order valence-electron chi connectivity index (χ3n) is 2.95. The summed E-state index contributed by atoms with van der Waals surface area (Å²) in [5.41, 5.74) is 3.05. The van der Waals surface area contributed by atoms with Crippen LogP contribution in [0.3, 0.4) is 0 Å².